The fourth-order valence-corrected chi connectivity index (χ4v) is 4.41. The molecular weight excluding hydrogens is 386 g/mol. The summed E-state index contributed by atoms with van der Waals surface area (Å²) < 4.78 is 4.92. The van der Waals surface area contributed by atoms with Gasteiger partial charge in [-0.2, -0.15) is 0 Å². The Bertz CT molecular complexity index is 1570. The molecule has 5 heteroatoms. The van der Waals surface area contributed by atoms with E-state index in [9.17, 15) is 9.59 Å². The largest absolute Gasteiger partial charge is 0.338 e. The van der Waals surface area contributed by atoms with Crippen LogP contribution < -0.4 is 11.2 Å². The Kier molecular flexibility index (Phi) is 4.40. The predicted molar refractivity (Wildman–Crippen MR) is 125 cm³/mol. The van der Waals surface area contributed by atoms with Crippen LogP contribution >= 0.6 is 0 Å². The first-order valence-corrected chi connectivity index (χ1v) is 10.3. The van der Waals surface area contributed by atoms with Crippen molar-refractivity contribution in [2.45, 2.75) is 20.4 Å². The van der Waals surface area contributed by atoms with Gasteiger partial charge < -0.3 is 4.57 Å². The topological polar surface area (TPSA) is 48.9 Å². The Hall–Kier alpha value is -3.86. The van der Waals surface area contributed by atoms with E-state index in [-0.39, 0.29) is 11.2 Å². The Labute approximate surface area is 179 Å². The van der Waals surface area contributed by atoms with Crippen LogP contribution in [0.5, 0.6) is 0 Å². The average Bonchev–Trinajstić information content (AvgIpc) is 3.04. The summed E-state index contributed by atoms with van der Waals surface area (Å²) in [6.07, 6.45) is 0. The Morgan fingerprint density at radius 1 is 0.774 bits per heavy atom. The average molecular weight is 409 g/mol. The van der Waals surface area contributed by atoms with Crippen molar-refractivity contribution in [3.63, 3.8) is 0 Å². The molecule has 0 aliphatic rings. The predicted octanol–water partition coefficient (Wildman–Crippen LogP) is 4.31. The molecule has 5 rings (SSSR count). The highest BCUT2D eigenvalue weighted by Gasteiger charge is 2.21. The van der Waals surface area contributed by atoms with Crippen molar-refractivity contribution in [3.8, 4) is 5.69 Å². The third-order valence-corrected chi connectivity index (χ3v) is 5.86. The number of nitrogens with zero attached hydrogens (tertiary/aromatic N) is 3. The lowest BCUT2D eigenvalue weighted by atomic mass is 10.1. The maximum atomic E-state index is 13.7. The Morgan fingerprint density at radius 2 is 1.52 bits per heavy atom. The minimum absolute atomic E-state index is 0.303. The summed E-state index contributed by atoms with van der Waals surface area (Å²) in [5.41, 5.74) is 5.31. The van der Waals surface area contributed by atoms with Gasteiger partial charge in [0.15, 0.2) is 0 Å². The quantitative estimate of drug-likeness (QED) is 0.446. The first-order valence-electron chi connectivity index (χ1n) is 10.3. The summed E-state index contributed by atoms with van der Waals surface area (Å²) in [4.78, 5) is 27.4. The molecule has 0 aliphatic carbocycles. The second kappa shape index (κ2) is 7.13. The van der Waals surface area contributed by atoms with Crippen molar-refractivity contribution in [1.82, 2.24) is 13.7 Å². The van der Waals surface area contributed by atoms with E-state index in [1.807, 2.05) is 74.0 Å². The van der Waals surface area contributed by atoms with Crippen LogP contribution in [0.15, 0.2) is 82.4 Å². The Morgan fingerprint density at radius 3 is 2.26 bits per heavy atom. The third kappa shape index (κ3) is 3.01. The molecule has 0 amide bonds. The molecule has 0 N–H and O–H groups in total. The van der Waals surface area contributed by atoms with Crippen molar-refractivity contribution >= 4 is 21.9 Å². The number of aryl methyl sites for hydroxylation is 3. The Balaban J connectivity index is 1.96. The number of hydrogen-bond acceptors (Lipinski definition) is 2. The lowest BCUT2D eigenvalue weighted by Gasteiger charge is -2.14. The summed E-state index contributed by atoms with van der Waals surface area (Å²) >= 11 is 0. The van der Waals surface area contributed by atoms with E-state index < -0.39 is 0 Å². The molecule has 0 atom stereocenters. The first-order chi connectivity index (χ1) is 15.0. The van der Waals surface area contributed by atoms with Gasteiger partial charge >= 0.3 is 5.69 Å². The van der Waals surface area contributed by atoms with Crippen LogP contribution in [0.3, 0.4) is 0 Å². The lowest BCUT2D eigenvalue weighted by Crippen LogP contribution is -2.39. The molecule has 0 bridgehead atoms. The van der Waals surface area contributed by atoms with E-state index in [0.29, 0.717) is 23.3 Å². The van der Waals surface area contributed by atoms with E-state index in [4.69, 9.17) is 0 Å². The molecule has 3 aromatic carbocycles. The maximum Gasteiger partial charge on any atom is 0.336 e. The van der Waals surface area contributed by atoms with E-state index in [2.05, 4.69) is 12.1 Å². The van der Waals surface area contributed by atoms with Gasteiger partial charge in [0.25, 0.3) is 5.56 Å². The van der Waals surface area contributed by atoms with Gasteiger partial charge in [0, 0.05) is 12.4 Å². The maximum absolute atomic E-state index is 13.7. The number of aromatic nitrogens is 3. The summed E-state index contributed by atoms with van der Waals surface area (Å²) in [5.74, 6) is 0. The summed E-state index contributed by atoms with van der Waals surface area (Å²) in [6.45, 7) is 4.44. The van der Waals surface area contributed by atoms with Gasteiger partial charge in [0.1, 0.15) is 5.52 Å². The molecule has 2 heterocycles. The van der Waals surface area contributed by atoms with Crippen LogP contribution in [0.2, 0.25) is 0 Å². The third-order valence-electron chi connectivity index (χ3n) is 5.86. The highest BCUT2D eigenvalue weighted by molar-refractivity contribution is 6.06. The standard InChI is InChI=1S/C26H23N3O2/c1-17-8-7-9-19(14-17)16-28-23-21-15-18(2)12-13-22(21)27(3)24(23)25(30)29(26(28)31)20-10-5-4-6-11-20/h4-15H,16H2,1-3H3. The molecule has 5 nitrogen and oxygen atoms in total. The molecule has 0 saturated heterocycles. The van der Waals surface area contributed by atoms with Crippen molar-refractivity contribution in [1.29, 1.82) is 0 Å². The molecule has 154 valence electrons. The van der Waals surface area contributed by atoms with Crippen LogP contribution in [-0.2, 0) is 13.6 Å². The molecule has 0 spiro atoms. The molecule has 0 unspecified atom stereocenters. The number of benzene rings is 3. The summed E-state index contributed by atoms with van der Waals surface area (Å²) in [6, 6.07) is 23.3. The van der Waals surface area contributed by atoms with E-state index in [1.165, 1.54) is 4.57 Å². The highest BCUT2D eigenvalue weighted by atomic mass is 16.2. The summed E-state index contributed by atoms with van der Waals surface area (Å²) in [7, 11) is 1.89. The molecule has 0 saturated carbocycles. The molecule has 2 aromatic heterocycles. The lowest BCUT2D eigenvalue weighted by molar-refractivity contribution is 0.712. The molecule has 5 aromatic rings. The van der Waals surface area contributed by atoms with Crippen LogP contribution in [-0.4, -0.2) is 13.7 Å². The van der Waals surface area contributed by atoms with E-state index in [0.717, 1.165) is 27.6 Å². The first kappa shape index (κ1) is 19.1. The summed E-state index contributed by atoms with van der Waals surface area (Å²) in [5, 5.41) is 0.916. The molecule has 0 radical (unpaired) electrons. The minimum Gasteiger partial charge on any atom is -0.338 e. The fraction of sp³-hybridized carbons (Fsp3) is 0.154. The van der Waals surface area contributed by atoms with Gasteiger partial charge in [0.05, 0.1) is 23.3 Å². The smallest absolute Gasteiger partial charge is 0.336 e. The monoisotopic (exact) mass is 409 g/mol. The normalized spacial score (nSPS) is 11.5. The van der Waals surface area contributed by atoms with Gasteiger partial charge in [0.2, 0.25) is 0 Å². The molecular formula is C26H23N3O2. The van der Waals surface area contributed by atoms with Crippen LogP contribution in [0.4, 0.5) is 0 Å². The van der Waals surface area contributed by atoms with Gasteiger partial charge in [-0.3, -0.25) is 9.36 Å². The van der Waals surface area contributed by atoms with Crippen molar-refractivity contribution < 1.29 is 0 Å². The minimum atomic E-state index is -0.334. The zero-order valence-electron chi connectivity index (χ0n) is 17.8. The second-order valence-electron chi connectivity index (χ2n) is 8.11. The van der Waals surface area contributed by atoms with Crippen LogP contribution in [0.1, 0.15) is 16.7 Å². The highest BCUT2D eigenvalue weighted by Crippen LogP contribution is 2.27. The molecule has 0 fully saturated rings. The van der Waals surface area contributed by atoms with Gasteiger partial charge in [-0.1, -0.05) is 59.7 Å². The van der Waals surface area contributed by atoms with Crippen molar-refractivity contribution in [3.05, 3.63) is 110 Å². The zero-order chi connectivity index (χ0) is 21.7. The number of para-hydroxylation sites is 1. The SMILES string of the molecule is Cc1cccc(Cn2c(=O)n(-c3ccccc3)c(=O)c3c2c2cc(C)ccc2n3C)c1. The fourth-order valence-electron chi connectivity index (χ4n) is 4.41. The second-order valence-corrected chi connectivity index (χ2v) is 8.11. The van der Waals surface area contributed by atoms with Crippen LogP contribution in [0, 0.1) is 13.8 Å². The van der Waals surface area contributed by atoms with E-state index >= 15 is 0 Å². The van der Waals surface area contributed by atoms with Crippen molar-refractivity contribution in [2.24, 2.45) is 7.05 Å². The number of hydrogen-bond donors (Lipinski definition) is 0. The molecule has 31 heavy (non-hydrogen) atoms. The number of fused-ring (bicyclic) bond motifs is 3. The van der Waals surface area contributed by atoms with E-state index in [1.54, 1.807) is 16.7 Å². The number of rotatable bonds is 3. The van der Waals surface area contributed by atoms with Gasteiger partial charge in [-0.05, 0) is 43.7 Å². The zero-order valence-corrected chi connectivity index (χ0v) is 17.8. The van der Waals surface area contributed by atoms with Gasteiger partial charge in [-0.15, -0.1) is 0 Å². The molecule has 0 aliphatic heterocycles. The van der Waals surface area contributed by atoms with Crippen molar-refractivity contribution in [2.75, 3.05) is 0 Å². The van der Waals surface area contributed by atoms with Crippen LogP contribution in [0.25, 0.3) is 27.6 Å². The van der Waals surface area contributed by atoms with Gasteiger partial charge in [-0.25, -0.2) is 9.36 Å².